The molecule has 2 aromatic rings. The number of carbonyl (C=O) groups is 4. The molecule has 0 saturated heterocycles. The van der Waals surface area contributed by atoms with Crippen LogP contribution in [0.4, 0.5) is 4.79 Å². The predicted octanol–water partition coefficient (Wildman–Crippen LogP) is 5.36. The van der Waals surface area contributed by atoms with Gasteiger partial charge in [-0.3, -0.25) is 9.59 Å². The van der Waals surface area contributed by atoms with Gasteiger partial charge in [0.15, 0.2) is 0 Å². The summed E-state index contributed by atoms with van der Waals surface area (Å²) in [5.74, 6) is -2.00. The average molecular weight is 594 g/mol. The summed E-state index contributed by atoms with van der Waals surface area (Å²) in [6, 6.07) is 14.9. The first kappa shape index (κ1) is 35.1. The van der Waals surface area contributed by atoms with Crippen molar-refractivity contribution in [2.75, 3.05) is 6.54 Å². The van der Waals surface area contributed by atoms with Gasteiger partial charge in [-0.15, -0.1) is 6.58 Å². The lowest BCUT2D eigenvalue weighted by Crippen LogP contribution is -2.56. The number of amides is 3. The molecule has 0 bridgehead atoms. The van der Waals surface area contributed by atoms with Gasteiger partial charge in [-0.1, -0.05) is 80.6 Å². The van der Waals surface area contributed by atoms with E-state index in [2.05, 4.69) is 17.2 Å². The molecule has 0 saturated carbocycles. The van der Waals surface area contributed by atoms with Gasteiger partial charge in [-0.05, 0) is 58.6 Å². The number of esters is 1. The van der Waals surface area contributed by atoms with Gasteiger partial charge in [0, 0.05) is 13.0 Å². The molecule has 234 valence electrons. The van der Waals surface area contributed by atoms with Crippen LogP contribution in [0.15, 0.2) is 73.3 Å². The molecule has 9 heteroatoms. The molecule has 0 aliphatic carbocycles. The van der Waals surface area contributed by atoms with Gasteiger partial charge < -0.3 is 25.0 Å². The molecule has 3 unspecified atom stereocenters. The second kappa shape index (κ2) is 15.4. The number of benzene rings is 2. The van der Waals surface area contributed by atoms with Crippen molar-refractivity contribution in [3.8, 4) is 0 Å². The van der Waals surface area contributed by atoms with Crippen molar-refractivity contribution in [1.29, 1.82) is 0 Å². The van der Waals surface area contributed by atoms with Crippen LogP contribution < -0.4 is 10.6 Å². The van der Waals surface area contributed by atoms with Crippen LogP contribution in [0.5, 0.6) is 0 Å². The Morgan fingerprint density at radius 3 is 1.86 bits per heavy atom. The molecule has 2 N–H and O–H groups in total. The van der Waals surface area contributed by atoms with Crippen LogP contribution in [0.2, 0.25) is 0 Å². The van der Waals surface area contributed by atoms with E-state index in [1.807, 2.05) is 30.3 Å². The van der Waals surface area contributed by atoms with E-state index in [-0.39, 0.29) is 18.9 Å². The lowest BCUT2D eigenvalue weighted by molar-refractivity contribution is -0.159. The summed E-state index contributed by atoms with van der Waals surface area (Å²) in [6.45, 7) is 17.9. The third kappa shape index (κ3) is 11.6. The number of nitrogens with one attached hydrogen (secondary N) is 2. The van der Waals surface area contributed by atoms with Crippen LogP contribution in [-0.4, -0.2) is 58.6 Å². The van der Waals surface area contributed by atoms with Crippen LogP contribution in [-0.2, 0) is 30.3 Å². The maximum Gasteiger partial charge on any atom is 0.408 e. The summed E-state index contributed by atoms with van der Waals surface area (Å²) in [7, 11) is 0. The topological polar surface area (TPSA) is 114 Å². The molecule has 43 heavy (non-hydrogen) atoms. The molecule has 9 nitrogen and oxygen atoms in total. The molecule has 0 aliphatic rings. The van der Waals surface area contributed by atoms with Crippen molar-refractivity contribution in [2.45, 2.75) is 91.1 Å². The Balaban J connectivity index is 2.52. The van der Waals surface area contributed by atoms with E-state index < -0.39 is 53.2 Å². The molecular weight excluding hydrogens is 546 g/mol. The SMILES string of the molecule is C=CCN(C(=O)C(NC(=O)OC(C)(C)C)C(C)C)C(C(=O)NC(Cc1ccccc1)C(=O)OC(C)(C)C)c1ccccc1. The van der Waals surface area contributed by atoms with E-state index >= 15 is 0 Å². The van der Waals surface area contributed by atoms with Crippen LogP contribution >= 0.6 is 0 Å². The van der Waals surface area contributed by atoms with Crippen molar-refractivity contribution in [2.24, 2.45) is 5.92 Å². The summed E-state index contributed by atoms with van der Waals surface area (Å²) < 4.78 is 11.1. The number of rotatable bonds is 12. The molecule has 3 atom stereocenters. The molecular formula is C34H47N3O6. The van der Waals surface area contributed by atoms with E-state index in [0.717, 1.165) is 5.56 Å². The van der Waals surface area contributed by atoms with Crippen molar-refractivity contribution in [3.05, 3.63) is 84.4 Å². The lowest BCUT2D eigenvalue weighted by Gasteiger charge is -2.35. The van der Waals surface area contributed by atoms with E-state index in [9.17, 15) is 19.2 Å². The Morgan fingerprint density at radius 1 is 0.837 bits per heavy atom. The molecule has 0 aliphatic heterocycles. The Morgan fingerprint density at radius 2 is 1.37 bits per heavy atom. The van der Waals surface area contributed by atoms with Gasteiger partial charge in [0.05, 0.1) is 0 Å². The minimum atomic E-state index is -1.14. The predicted molar refractivity (Wildman–Crippen MR) is 167 cm³/mol. The van der Waals surface area contributed by atoms with Crippen molar-refractivity contribution < 1.29 is 28.7 Å². The fourth-order valence-corrected chi connectivity index (χ4v) is 4.36. The number of carbonyl (C=O) groups excluding carboxylic acids is 4. The van der Waals surface area contributed by atoms with Crippen LogP contribution in [0.1, 0.15) is 72.6 Å². The highest BCUT2D eigenvalue weighted by atomic mass is 16.6. The fourth-order valence-electron chi connectivity index (χ4n) is 4.36. The normalized spacial score (nSPS) is 13.7. The Hall–Kier alpha value is -4.14. The van der Waals surface area contributed by atoms with Gasteiger partial charge in [-0.2, -0.15) is 0 Å². The zero-order valence-corrected chi connectivity index (χ0v) is 26.7. The van der Waals surface area contributed by atoms with E-state index in [4.69, 9.17) is 9.47 Å². The van der Waals surface area contributed by atoms with E-state index in [0.29, 0.717) is 5.56 Å². The van der Waals surface area contributed by atoms with Crippen molar-refractivity contribution in [3.63, 3.8) is 0 Å². The molecule has 2 rings (SSSR count). The van der Waals surface area contributed by atoms with Crippen molar-refractivity contribution in [1.82, 2.24) is 15.5 Å². The first-order valence-corrected chi connectivity index (χ1v) is 14.6. The first-order chi connectivity index (χ1) is 20.0. The summed E-state index contributed by atoms with van der Waals surface area (Å²) >= 11 is 0. The highest BCUT2D eigenvalue weighted by Crippen LogP contribution is 2.25. The Kier molecular flexibility index (Phi) is 12.5. The standard InChI is InChI=1S/C34H47N3O6/c1-10-21-37(30(39)27(23(2)3)36-32(41)43-34(7,8)9)28(25-19-15-12-16-20-25)29(38)35-26(31(40)42-33(4,5)6)22-24-17-13-11-14-18-24/h10-20,23,26-28H,1,21-22H2,2-9H3,(H,35,38)(H,36,41). The second-order valence-corrected chi connectivity index (χ2v) is 12.7. The zero-order chi connectivity index (χ0) is 32.4. The molecule has 0 spiro atoms. The number of alkyl carbamates (subject to hydrolysis) is 1. The first-order valence-electron chi connectivity index (χ1n) is 14.6. The second-order valence-electron chi connectivity index (χ2n) is 12.7. The monoisotopic (exact) mass is 593 g/mol. The van der Waals surface area contributed by atoms with Crippen LogP contribution in [0.25, 0.3) is 0 Å². The van der Waals surface area contributed by atoms with Gasteiger partial charge in [0.2, 0.25) is 11.8 Å². The van der Waals surface area contributed by atoms with Crippen LogP contribution in [0.3, 0.4) is 0 Å². The summed E-state index contributed by atoms with van der Waals surface area (Å²) in [4.78, 5) is 55.7. The lowest BCUT2D eigenvalue weighted by atomic mass is 9.98. The summed E-state index contributed by atoms with van der Waals surface area (Å²) in [6.07, 6.45) is 0.959. The maximum atomic E-state index is 14.2. The Labute approximate surface area is 256 Å². The van der Waals surface area contributed by atoms with Crippen molar-refractivity contribution >= 4 is 23.9 Å². The van der Waals surface area contributed by atoms with E-state index in [1.165, 1.54) is 11.0 Å². The third-order valence-electron chi connectivity index (χ3n) is 6.18. The van der Waals surface area contributed by atoms with Gasteiger partial charge in [-0.25, -0.2) is 9.59 Å². The molecule has 0 fully saturated rings. The molecule has 0 aromatic heterocycles. The molecule has 2 aromatic carbocycles. The number of hydrogen-bond donors (Lipinski definition) is 2. The third-order valence-corrected chi connectivity index (χ3v) is 6.18. The number of ether oxygens (including phenoxy) is 2. The summed E-state index contributed by atoms with van der Waals surface area (Å²) in [5.41, 5.74) is -0.191. The highest BCUT2D eigenvalue weighted by molar-refractivity contribution is 5.94. The molecule has 3 amide bonds. The van der Waals surface area contributed by atoms with Crippen LogP contribution in [0, 0.1) is 5.92 Å². The zero-order valence-electron chi connectivity index (χ0n) is 26.7. The molecule has 0 radical (unpaired) electrons. The molecule has 0 heterocycles. The van der Waals surface area contributed by atoms with E-state index in [1.54, 1.807) is 85.7 Å². The van der Waals surface area contributed by atoms with Gasteiger partial charge >= 0.3 is 12.1 Å². The minimum Gasteiger partial charge on any atom is -0.458 e. The number of nitrogens with zero attached hydrogens (tertiary/aromatic N) is 1. The quantitative estimate of drug-likeness (QED) is 0.253. The van der Waals surface area contributed by atoms with Gasteiger partial charge in [0.1, 0.15) is 29.3 Å². The maximum absolute atomic E-state index is 14.2. The number of hydrogen-bond acceptors (Lipinski definition) is 6. The fraction of sp³-hybridized carbons (Fsp3) is 0.471. The average Bonchev–Trinajstić information content (AvgIpc) is 2.90. The minimum absolute atomic E-state index is 0.000816. The summed E-state index contributed by atoms with van der Waals surface area (Å²) in [5, 5.41) is 5.55. The largest absolute Gasteiger partial charge is 0.458 e. The Bertz CT molecular complexity index is 1230. The van der Waals surface area contributed by atoms with Gasteiger partial charge in [0.25, 0.3) is 0 Å². The smallest absolute Gasteiger partial charge is 0.408 e. The highest BCUT2D eigenvalue weighted by Gasteiger charge is 2.38.